The van der Waals surface area contributed by atoms with Crippen molar-refractivity contribution in [1.29, 1.82) is 0 Å². The number of piperidine rings is 1. The molecule has 0 radical (unpaired) electrons. The van der Waals surface area contributed by atoms with Crippen LogP contribution in [0.5, 0.6) is 0 Å². The normalized spacial score (nSPS) is 17.6. The van der Waals surface area contributed by atoms with Crippen molar-refractivity contribution >= 4 is 0 Å². The number of likely N-dealkylation sites (tertiary alicyclic amines) is 1. The van der Waals surface area contributed by atoms with Gasteiger partial charge in [-0.3, -0.25) is 14.7 Å². The minimum Gasteiger partial charge on any atom is -0.305 e. The van der Waals surface area contributed by atoms with Crippen LogP contribution in [0.2, 0.25) is 0 Å². The molecule has 1 aromatic carbocycles. The summed E-state index contributed by atoms with van der Waals surface area (Å²) < 4.78 is 27.4. The van der Waals surface area contributed by atoms with Gasteiger partial charge in [0.15, 0.2) is 5.82 Å². The fourth-order valence-corrected chi connectivity index (χ4v) is 3.66. The van der Waals surface area contributed by atoms with E-state index in [4.69, 9.17) is 0 Å². The van der Waals surface area contributed by atoms with Gasteiger partial charge in [-0.05, 0) is 49.7 Å². The van der Waals surface area contributed by atoms with E-state index >= 15 is 0 Å². The first-order chi connectivity index (χ1) is 13.6. The van der Waals surface area contributed by atoms with Gasteiger partial charge in [-0.1, -0.05) is 6.07 Å². The molecule has 7 heteroatoms. The lowest BCUT2D eigenvalue weighted by atomic mass is 9.94. The van der Waals surface area contributed by atoms with Gasteiger partial charge < -0.3 is 4.98 Å². The zero-order valence-electron chi connectivity index (χ0n) is 15.2. The van der Waals surface area contributed by atoms with Crippen molar-refractivity contribution in [2.45, 2.75) is 25.3 Å². The number of H-pyrrole nitrogens is 1. The third kappa shape index (κ3) is 4.14. The van der Waals surface area contributed by atoms with Crippen molar-refractivity contribution in [3.8, 4) is 11.5 Å². The lowest BCUT2D eigenvalue weighted by Gasteiger charge is -2.32. The first-order valence-corrected chi connectivity index (χ1v) is 9.27. The average Bonchev–Trinajstić information content (AvgIpc) is 2.71. The van der Waals surface area contributed by atoms with Crippen LogP contribution in [0.15, 0.2) is 53.5 Å². The molecule has 1 unspecified atom stereocenters. The molecule has 0 amide bonds. The summed E-state index contributed by atoms with van der Waals surface area (Å²) in [6.45, 7) is 1.76. The standard InChI is InChI=1S/C21H20F2N4O/c22-16-6-7-17(23)15(10-16)13-27-9-3-4-14(12-27)19-11-20(28)26-21(25-19)18-5-1-2-8-24-18/h1-2,5-8,10-11,14H,3-4,9,12-13H2,(H,25,26,28). The second-order valence-corrected chi connectivity index (χ2v) is 7.04. The number of pyridine rings is 1. The van der Waals surface area contributed by atoms with Crippen molar-refractivity contribution in [3.05, 3.63) is 81.9 Å². The Balaban J connectivity index is 1.55. The fourth-order valence-electron chi connectivity index (χ4n) is 3.66. The molecular weight excluding hydrogens is 362 g/mol. The molecule has 0 aliphatic carbocycles. The Morgan fingerprint density at radius 2 is 2.07 bits per heavy atom. The van der Waals surface area contributed by atoms with Crippen LogP contribution in [-0.2, 0) is 6.54 Å². The minimum atomic E-state index is -0.443. The largest absolute Gasteiger partial charge is 0.305 e. The molecule has 1 fully saturated rings. The zero-order valence-corrected chi connectivity index (χ0v) is 15.2. The van der Waals surface area contributed by atoms with Crippen LogP contribution < -0.4 is 5.56 Å². The second kappa shape index (κ2) is 7.98. The number of nitrogens with zero attached hydrogens (tertiary/aromatic N) is 3. The Morgan fingerprint density at radius 3 is 2.89 bits per heavy atom. The molecule has 144 valence electrons. The zero-order chi connectivity index (χ0) is 19.5. The third-order valence-electron chi connectivity index (χ3n) is 4.99. The van der Waals surface area contributed by atoms with E-state index in [2.05, 4.69) is 19.9 Å². The number of aromatic amines is 1. The number of aromatic nitrogens is 3. The number of hydrogen-bond acceptors (Lipinski definition) is 4. The summed E-state index contributed by atoms with van der Waals surface area (Å²) in [5.41, 5.74) is 1.43. The molecular formula is C21H20F2N4O. The van der Waals surface area contributed by atoms with Gasteiger partial charge in [0.05, 0.1) is 5.69 Å². The molecule has 28 heavy (non-hydrogen) atoms. The summed E-state index contributed by atoms with van der Waals surface area (Å²) in [6.07, 6.45) is 3.44. The van der Waals surface area contributed by atoms with Gasteiger partial charge in [0.2, 0.25) is 0 Å². The SMILES string of the molecule is O=c1cc(C2CCCN(Cc3cc(F)ccc3F)C2)nc(-c2ccccn2)[nH]1. The van der Waals surface area contributed by atoms with Gasteiger partial charge in [-0.15, -0.1) is 0 Å². The number of halogens is 2. The van der Waals surface area contributed by atoms with Crippen LogP contribution in [0, 0.1) is 11.6 Å². The van der Waals surface area contributed by atoms with Crippen molar-refractivity contribution in [3.63, 3.8) is 0 Å². The molecule has 3 aromatic rings. The Hall–Kier alpha value is -2.93. The van der Waals surface area contributed by atoms with Gasteiger partial charge >= 0.3 is 0 Å². The fraction of sp³-hybridized carbons (Fsp3) is 0.286. The second-order valence-electron chi connectivity index (χ2n) is 7.04. The summed E-state index contributed by atoms with van der Waals surface area (Å²) in [5.74, 6) is -0.358. The predicted molar refractivity (Wildman–Crippen MR) is 102 cm³/mol. The minimum absolute atomic E-state index is 0.0510. The van der Waals surface area contributed by atoms with Gasteiger partial charge in [0, 0.05) is 36.8 Å². The molecule has 5 nitrogen and oxygen atoms in total. The maximum Gasteiger partial charge on any atom is 0.251 e. The van der Waals surface area contributed by atoms with Crippen LogP contribution >= 0.6 is 0 Å². The van der Waals surface area contributed by atoms with Gasteiger partial charge in [0.25, 0.3) is 5.56 Å². The number of nitrogens with one attached hydrogen (secondary N) is 1. The quantitative estimate of drug-likeness (QED) is 0.750. The van der Waals surface area contributed by atoms with E-state index in [1.165, 1.54) is 12.1 Å². The Labute approximate surface area is 161 Å². The van der Waals surface area contributed by atoms with Crippen molar-refractivity contribution < 1.29 is 8.78 Å². The van der Waals surface area contributed by atoms with E-state index in [1.807, 2.05) is 6.07 Å². The van der Waals surface area contributed by atoms with Crippen LogP contribution in [0.4, 0.5) is 8.78 Å². The highest BCUT2D eigenvalue weighted by molar-refractivity contribution is 5.48. The van der Waals surface area contributed by atoms with Gasteiger partial charge in [-0.2, -0.15) is 0 Å². The van der Waals surface area contributed by atoms with E-state index in [0.29, 0.717) is 35.9 Å². The van der Waals surface area contributed by atoms with Crippen LogP contribution in [0.3, 0.4) is 0 Å². The molecule has 2 aromatic heterocycles. The average molecular weight is 382 g/mol. The van der Waals surface area contributed by atoms with Crippen LogP contribution in [0.25, 0.3) is 11.5 Å². The van der Waals surface area contributed by atoms with Gasteiger partial charge in [-0.25, -0.2) is 13.8 Å². The number of benzene rings is 1. The van der Waals surface area contributed by atoms with Crippen molar-refractivity contribution in [1.82, 2.24) is 19.9 Å². The molecule has 1 aliphatic rings. The molecule has 0 saturated carbocycles. The summed E-state index contributed by atoms with van der Waals surface area (Å²) in [5, 5.41) is 0. The smallest absolute Gasteiger partial charge is 0.251 e. The lowest BCUT2D eigenvalue weighted by molar-refractivity contribution is 0.196. The van der Waals surface area contributed by atoms with Crippen LogP contribution in [0.1, 0.15) is 30.0 Å². The van der Waals surface area contributed by atoms with Crippen molar-refractivity contribution in [2.75, 3.05) is 13.1 Å². The molecule has 3 heterocycles. The molecule has 4 rings (SSSR count). The maximum atomic E-state index is 14.0. The predicted octanol–water partition coefficient (Wildman–Crippen LogP) is 3.49. The lowest BCUT2D eigenvalue weighted by Crippen LogP contribution is -2.35. The monoisotopic (exact) mass is 382 g/mol. The Kier molecular flexibility index (Phi) is 5.25. The highest BCUT2D eigenvalue weighted by atomic mass is 19.1. The molecule has 1 saturated heterocycles. The Bertz CT molecular complexity index is 1020. The Morgan fingerprint density at radius 1 is 1.18 bits per heavy atom. The highest BCUT2D eigenvalue weighted by Crippen LogP contribution is 2.27. The van der Waals surface area contributed by atoms with Crippen molar-refractivity contribution in [2.24, 2.45) is 0 Å². The summed E-state index contributed by atoms with van der Waals surface area (Å²) in [6, 6.07) is 10.5. The number of hydrogen-bond donors (Lipinski definition) is 1. The first kappa shape index (κ1) is 18.4. The third-order valence-corrected chi connectivity index (χ3v) is 4.99. The van der Waals surface area contributed by atoms with E-state index in [0.717, 1.165) is 31.5 Å². The topological polar surface area (TPSA) is 61.9 Å². The molecule has 1 N–H and O–H groups in total. The number of rotatable bonds is 4. The maximum absolute atomic E-state index is 14.0. The summed E-state index contributed by atoms with van der Waals surface area (Å²) in [4.78, 5) is 25.8. The highest BCUT2D eigenvalue weighted by Gasteiger charge is 2.24. The molecule has 0 spiro atoms. The molecule has 1 aliphatic heterocycles. The van der Waals surface area contributed by atoms with E-state index in [-0.39, 0.29) is 11.5 Å². The van der Waals surface area contributed by atoms with Crippen LogP contribution in [-0.4, -0.2) is 32.9 Å². The molecule has 1 atom stereocenters. The van der Waals surface area contributed by atoms with Gasteiger partial charge in [0.1, 0.15) is 17.3 Å². The van der Waals surface area contributed by atoms with E-state index in [9.17, 15) is 13.6 Å². The summed E-state index contributed by atoms with van der Waals surface area (Å²) in [7, 11) is 0. The van der Waals surface area contributed by atoms with E-state index < -0.39 is 11.6 Å². The first-order valence-electron chi connectivity index (χ1n) is 9.27. The van der Waals surface area contributed by atoms with E-state index in [1.54, 1.807) is 18.3 Å². The summed E-state index contributed by atoms with van der Waals surface area (Å²) >= 11 is 0. The molecule has 0 bridgehead atoms.